The maximum atomic E-state index is 9.93. The second kappa shape index (κ2) is 5.19. The number of H-pyrrole nitrogens is 1. The highest BCUT2D eigenvalue weighted by atomic mass is 35.5. The number of rotatable bonds is 2. The lowest BCUT2D eigenvalue weighted by molar-refractivity contribution is 0.457. The van der Waals surface area contributed by atoms with Crippen molar-refractivity contribution in [3.8, 4) is 5.88 Å². The molecule has 2 aromatic carbocycles. The number of fused-ring (bicyclic) bond motifs is 1. The zero-order chi connectivity index (χ0) is 14.1. The lowest BCUT2D eigenvalue weighted by atomic mass is 10.2. The van der Waals surface area contributed by atoms with Crippen molar-refractivity contribution >= 4 is 46.0 Å². The monoisotopic (exact) mass is 304 g/mol. The van der Waals surface area contributed by atoms with Gasteiger partial charge in [0.05, 0.1) is 16.3 Å². The van der Waals surface area contributed by atoms with Gasteiger partial charge in [-0.15, -0.1) is 0 Å². The van der Waals surface area contributed by atoms with E-state index in [0.717, 1.165) is 10.9 Å². The molecule has 0 atom stereocenters. The molecule has 3 rings (SSSR count). The van der Waals surface area contributed by atoms with Gasteiger partial charge in [0.2, 0.25) is 0 Å². The molecule has 0 amide bonds. The van der Waals surface area contributed by atoms with E-state index in [-0.39, 0.29) is 5.88 Å². The third-order valence-electron chi connectivity index (χ3n) is 2.97. The van der Waals surface area contributed by atoms with Gasteiger partial charge in [-0.2, -0.15) is 0 Å². The van der Waals surface area contributed by atoms with Crippen LogP contribution in [0.1, 0.15) is 5.56 Å². The summed E-state index contributed by atoms with van der Waals surface area (Å²) in [6, 6.07) is 12.7. The van der Waals surface area contributed by atoms with Gasteiger partial charge in [-0.3, -0.25) is 4.99 Å². The topological polar surface area (TPSA) is 48.4 Å². The van der Waals surface area contributed by atoms with E-state index in [0.29, 0.717) is 21.3 Å². The Morgan fingerprint density at radius 2 is 1.90 bits per heavy atom. The molecule has 0 aliphatic rings. The molecular weight excluding hydrogens is 295 g/mol. The maximum Gasteiger partial charge on any atom is 0.198 e. The zero-order valence-electron chi connectivity index (χ0n) is 10.3. The van der Waals surface area contributed by atoms with Gasteiger partial charge in [-0.25, -0.2) is 0 Å². The van der Waals surface area contributed by atoms with Crippen molar-refractivity contribution in [3.05, 3.63) is 58.1 Å². The van der Waals surface area contributed by atoms with E-state index in [4.69, 9.17) is 23.2 Å². The maximum absolute atomic E-state index is 9.93. The summed E-state index contributed by atoms with van der Waals surface area (Å²) in [5.41, 5.74) is 2.03. The number of halogens is 2. The summed E-state index contributed by atoms with van der Waals surface area (Å²) >= 11 is 12.0. The molecule has 1 aromatic heterocycles. The summed E-state index contributed by atoms with van der Waals surface area (Å²) in [7, 11) is 0. The Morgan fingerprint density at radius 1 is 1.10 bits per heavy atom. The minimum atomic E-state index is 0.0769. The minimum Gasteiger partial charge on any atom is -0.494 e. The quantitative estimate of drug-likeness (QED) is 0.648. The molecule has 3 nitrogen and oxygen atoms in total. The zero-order valence-corrected chi connectivity index (χ0v) is 11.8. The van der Waals surface area contributed by atoms with Crippen molar-refractivity contribution in [2.45, 2.75) is 0 Å². The molecule has 2 N–H and O–H groups in total. The molecule has 0 bridgehead atoms. The Hall–Kier alpha value is -1.97. The van der Waals surface area contributed by atoms with Crippen molar-refractivity contribution in [3.63, 3.8) is 0 Å². The summed E-state index contributed by atoms with van der Waals surface area (Å²) in [5.74, 6) is 0.0769. The molecule has 0 aliphatic heterocycles. The number of hydrogen-bond donors (Lipinski definition) is 2. The van der Waals surface area contributed by atoms with Crippen LogP contribution in [0.25, 0.3) is 10.9 Å². The molecule has 0 fully saturated rings. The highest BCUT2D eigenvalue weighted by Gasteiger charge is 2.08. The predicted molar refractivity (Wildman–Crippen MR) is 83.7 cm³/mol. The van der Waals surface area contributed by atoms with Crippen LogP contribution in [0.4, 0.5) is 5.69 Å². The SMILES string of the molecule is Oc1[nH]c2ccccc2c1C=Nc1cc(Cl)ccc1Cl. The first-order chi connectivity index (χ1) is 9.65. The van der Waals surface area contributed by atoms with Crippen molar-refractivity contribution < 1.29 is 5.11 Å². The molecule has 1 heterocycles. The van der Waals surface area contributed by atoms with Crippen molar-refractivity contribution in [2.75, 3.05) is 0 Å². The lowest BCUT2D eigenvalue weighted by Gasteiger charge is -1.98. The predicted octanol–water partition coefficient (Wildman–Crippen LogP) is 4.93. The minimum absolute atomic E-state index is 0.0769. The van der Waals surface area contributed by atoms with Crippen LogP contribution in [0.3, 0.4) is 0 Å². The smallest absolute Gasteiger partial charge is 0.198 e. The normalized spacial score (nSPS) is 11.5. The van der Waals surface area contributed by atoms with Crippen LogP contribution in [-0.4, -0.2) is 16.3 Å². The van der Waals surface area contributed by atoms with Crippen LogP contribution < -0.4 is 0 Å². The van der Waals surface area contributed by atoms with Crippen molar-refractivity contribution in [2.24, 2.45) is 4.99 Å². The molecule has 100 valence electrons. The van der Waals surface area contributed by atoms with Crippen LogP contribution in [0.15, 0.2) is 47.5 Å². The fourth-order valence-electron chi connectivity index (χ4n) is 2.00. The molecule has 5 heteroatoms. The number of hydrogen-bond acceptors (Lipinski definition) is 2. The molecule has 0 spiro atoms. The van der Waals surface area contributed by atoms with Gasteiger partial charge >= 0.3 is 0 Å². The van der Waals surface area contributed by atoms with Gasteiger partial charge < -0.3 is 10.1 Å². The fraction of sp³-hybridized carbons (Fsp3) is 0. The summed E-state index contributed by atoms with van der Waals surface area (Å²) in [5, 5.41) is 11.9. The Balaban J connectivity index is 2.06. The fourth-order valence-corrected chi connectivity index (χ4v) is 2.33. The average molecular weight is 305 g/mol. The number of para-hydroxylation sites is 1. The average Bonchev–Trinajstić information content (AvgIpc) is 2.75. The van der Waals surface area contributed by atoms with Crippen molar-refractivity contribution in [1.82, 2.24) is 4.98 Å². The highest BCUT2D eigenvalue weighted by molar-refractivity contribution is 6.35. The number of aromatic amines is 1. The first-order valence-corrected chi connectivity index (χ1v) is 6.69. The van der Waals surface area contributed by atoms with E-state index in [1.54, 1.807) is 24.4 Å². The first kappa shape index (κ1) is 13.0. The van der Waals surface area contributed by atoms with Crippen LogP contribution in [0.5, 0.6) is 5.88 Å². The molecular formula is C15H10Cl2N2O. The molecule has 0 radical (unpaired) electrons. The standard InChI is InChI=1S/C15H10Cl2N2O/c16-9-5-6-12(17)14(7-9)18-8-11-10-3-1-2-4-13(10)19-15(11)20/h1-8,19-20H. The van der Waals surface area contributed by atoms with Gasteiger partial charge in [0.15, 0.2) is 5.88 Å². The number of nitrogens with one attached hydrogen (secondary N) is 1. The summed E-state index contributed by atoms with van der Waals surface area (Å²) < 4.78 is 0. The molecule has 20 heavy (non-hydrogen) atoms. The summed E-state index contributed by atoms with van der Waals surface area (Å²) in [6.07, 6.45) is 1.58. The molecule has 0 saturated carbocycles. The molecule has 0 unspecified atom stereocenters. The van der Waals surface area contributed by atoms with Crippen LogP contribution >= 0.6 is 23.2 Å². The molecule has 0 saturated heterocycles. The number of benzene rings is 2. The van der Waals surface area contributed by atoms with Crippen molar-refractivity contribution in [1.29, 1.82) is 0 Å². The number of aromatic nitrogens is 1. The van der Waals surface area contributed by atoms with E-state index in [1.807, 2.05) is 24.3 Å². The summed E-state index contributed by atoms with van der Waals surface area (Å²) in [6.45, 7) is 0. The number of aliphatic imine (C=N–C) groups is 1. The van der Waals surface area contributed by atoms with Crippen LogP contribution in [-0.2, 0) is 0 Å². The van der Waals surface area contributed by atoms with E-state index < -0.39 is 0 Å². The number of aromatic hydroxyl groups is 1. The van der Waals surface area contributed by atoms with E-state index in [2.05, 4.69) is 9.98 Å². The Bertz CT molecular complexity index is 809. The van der Waals surface area contributed by atoms with E-state index in [1.165, 1.54) is 0 Å². The van der Waals surface area contributed by atoms with Gasteiger partial charge in [0, 0.05) is 22.1 Å². The van der Waals surface area contributed by atoms with Crippen LogP contribution in [0, 0.1) is 0 Å². The Labute approximate surface area is 125 Å². The van der Waals surface area contributed by atoms with Gasteiger partial charge in [0.1, 0.15) is 0 Å². The number of nitrogens with zero attached hydrogens (tertiary/aromatic N) is 1. The van der Waals surface area contributed by atoms with Gasteiger partial charge in [0.25, 0.3) is 0 Å². The first-order valence-electron chi connectivity index (χ1n) is 5.94. The third kappa shape index (κ3) is 2.38. The lowest BCUT2D eigenvalue weighted by Crippen LogP contribution is -1.79. The molecule has 3 aromatic rings. The van der Waals surface area contributed by atoms with E-state index >= 15 is 0 Å². The summed E-state index contributed by atoms with van der Waals surface area (Å²) in [4.78, 5) is 7.19. The van der Waals surface area contributed by atoms with E-state index in [9.17, 15) is 5.11 Å². The second-order valence-electron chi connectivity index (χ2n) is 4.29. The van der Waals surface area contributed by atoms with Gasteiger partial charge in [-0.05, 0) is 24.3 Å². The third-order valence-corrected chi connectivity index (χ3v) is 3.52. The Morgan fingerprint density at radius 3 is 2.75 bits per heavy atom. The van der Waals surface area contributed by atoms with Crippen LogP contribution in [0.2, 0.25) is 10.0 Å². The second-order valence-corrected chi connectivity index (χ2v) is 5.13. The largest absolute Gasteiger partial charge is 0.494 e. The Kier molecular flexibility index (Phi) is 3.38. The van der Waals surface area contributed by atoms with Gasteiger partial charge in [-0.1, -0.05) is 41.4 Å². The molecule has 0 aliphatic carbocycles. The highest BCUT2D eigenvalue weighted by Crippen LogP contribution is 2.30.